The van der Waals surface area contributed by atoms with E-state index in [1.54, 1.807) is 0 Å². The van der Waals surface area contributed by atoms with Crippen LogP contribution in [-0.2, 0) is 0 Å². The minimum atomic E-state index is -0.605. The van der Waals surface area contributed by atoms with Gasteiger partial charge in [0.2, 0.25) is 0 Å². The summed E-state index contributed by atoms with van der Waals surface area (Å²) in [5, 5.41) is 0. The van der Waals surface area contributed by atoms with Gasteiger partial charge in [0.05, 0.1) is 0 Å². The topological polar surface area (TPSA) is 104 Å². The van der Waals surface area contributed by atoms with Crippen LogP contribution in [0.5, 0.6) is 0 Å². The van der Waals surface area contributed by atoms with Crippen LogP contribution in [-0.4, -0.2) is 9.97 Å². The molecule has 0 saturated carbocycles. The number of aromatic amines is 2. The molecule has 0 spiro atoms. The first-order valence-corrected chi connectivity index (χ1v) is 3.43. The second-order valence-corrected chi connectivity index (χ2v) is 2.53. The molecule has 5 N–H and O–H groups in total. The van der Waals surface area contributed by atoms with Crippen LogP contribution in [0.25, 0.3) is 0 Å². The molecule has 1 aromatic rings. The molecule has 6 nitrogen and oxygen atoms in total. The molecule has 0 amide bonds. The van der Waals surface area contributed by atoms with Crippen molar-refractivity contribution < 1.29 is 0 Å². The standard InChI is InChI=1S/C4H5BrN4O2.ClH/c5-1-2(9-6)7-4(11)8-3(1)10;/h6H2,(H3,7,8,9,10,11);1H. The third kappa shape index (κ3) is 2.10. The molecule has 0 aliphatic heterocycles. The van der Waals surface area contributed by atoms with Gasteiger partial charge in [0, 0.05) is 0 Å². The molecule has 0 aromatic carbocycles. The van der Waals surface area contributed by atoms with E-state index >= 15 is 0 Å². The number of hydrazine groups is 1. The molecule has 1 heterocycles. The molecular formula is C4H6BrClN4O2. The summed E-state index contributed by atoms with van der Waals surface area (Å²) in [4.78, 5) is 25.7. The Morgan fingerprint density at radius 1 is 1.33 bits per heavy atom. The van der Waals surface area contributed by atoms with Crippen LogP contribution >= 0.6 is 28.3 Å². The molecule has 0 radical (unpaired) electrons. The van der Waals surface area contributed by atoms with Gasteiger partial charge in [-0.2, -0.15) is 0 Å². The van der Waals surface area contributed by atoms with Gasteiger partial charge in [0.15, 0.2) is 0 Å². The minimum Gasteiger partial charge on any atom is -0.309 e. The molecule has 8 heteroatoms. The van der Waals surface area contributed by atoms with Gasteiger partial charge in [-0.3, -0.25) is 14.8 Å². The van der Waals surface area contributed by atoms with Gasteiger partial charge in [-0.1, -0.05) is 0 Å². The lowest BCUT2D eigenvalue weighted by atomic mass is 10.6. The maximum Gasteiger partial charge on any atom is 0.327 e. The molecule has 12 heavy (non-hydrogen) atoms. The van der Waals surface area contributed by atoms with E-state index in [2.05, 4.69) is 26.3 Å². The number of nitrogens with two attached hydrogens (primary N) is 1. The molecule has 0 aliphatic rings. The molecule has 68 valence electrons. The second kappa shape index (κ2) is 4.29. The zero-order valence-electron chi connectivity index (χ0n) is 5.68. The van der Waals surface area contributed by atoms with Crippen LogP contribution in [0.4, 0.5) is 5.82 Å². The second-order valence-electron chi connectivity index (χ2n) is 1.74. The third-order valence-electron chi connectivity index (χ3n) is 1.03. The molecule has 0 fully saturated rings. The molecule has 0 saturated heterocycles. The van der Waals surface area contributed by atoms with Crippen LogP contribution in [0.2, 0.25) is 0 Å². The molecule has 1 aromatic heterocycles. The number of H-pyrrole nitrogens is 2. The highest BCUT2D eigenvalue weighted by Gasteiger charge is 2.02. The fourth-order valence-corrected chi connectivity index (χ4v) is 0.883. The SMILES string of the molecule is Cl.NNc1[nH]c(=O)[nH]c(=O)c1Br. The summed E-state index contributed by atoms with van der Waals surface area (Å²) in [5.41, 5.74) is 1.02. The summed E-state index contributed by atoms with van der Waals surface area (Å²) in [6.45, 7) is 0. The van der Waals surface area contributed by atoms with Crippen molar-refractivity contribution in [3.63, 3.8) is 0 Å². The quantitative estimate of drug-likeness (QED) is 0.403. The Morgan fingerprint density at radius 2 is 1.92 bits per heavy atom. The first-order valence-electron chi connectivity index (χ1n) is 2.64. The van der Waals surface area contributed by atoms with Gasteiger partial charge < -0.3 is 5.43 Å². The van der Waals surface area contributed by atoms with Crippen molar-refractivity contribution in [1.29, 1.82) is 0 Å². The smallest absolute Gasteiger partial charge is 0.309 e. The number of hydrogen-bond donors (Lipinski definition) is 4. The van der Waals surface area contributed by atoms with E-state index in [1.165, 1.54) is 0 Å². The van der Waals surface area contributed by atoms with Gasteiger partial charge >= 0.3 is 5.69 Å². The normalized spacial score (nSPS) is 8.83. The predicted molar refractivity (Wildman–Crippen MR) is 50.4 cm³/mol. The van der Waals surface area contributed by atoms with Gasteiger partial charge in [-0.05, 0) is 15.9 Å². The van der Waals surface area contributed by atoms with Crippen molar-refractivity contribution in [3.8, 4) is 0 Å². The molecule has 0 aliphatic carbocycles. The fourth-order valence-electron chi connectivity index (χ4n) is 0.571. The summed E-state index contributed by atoms with van der Waals surface area (Å²) in [6.07, 6.45) is 0. The average Bonchev–Trinajstić information content (AvgIpc) is 1.96. The Hall–Kier alpha value is -0.790. The Labute approximate surface area is 81.1 Å². The summed E-state index contributed by atoms with van der Waals surface area (Å²) >= 11 is 2.92. The van der Waals surface area contributed by atoms with Crippen LogP contribution in [0.3, 0.4) is 0 Å². The van der Waals surface area contributed by atoms with Crippen molar-refractivity contribution in [2.45, 2.75) is 0 Å². The number of halogens is 2. The monoisotopic (exact) mass is 256 g/mol. The Kier molecular flexibility index (Phi) is 4.01. The fraction of sp³-hybridized carbons (Fsp3) is 0. The third-order valence-corrected chi connectivity index (χ3v) is 1.79. The number of nitrogens with one attached hydrogen (secondary N) is 3. The highest BCUT2D eigenvalue weighted by Crippen LogP contribution is 2.09. The molecule has 0 atom stereocenters. The lowest BCUT2D eigenvalue weighted by Crippen LogP contribution is -2.26. The highest BCUT2D eigenvalue weighted by atomic mass is 79.9. The van der Waals surface area contributed by atoms with E-state index in [9.17, 15) is 9.59 Å². The van der Waals surface area contributed by atoms with E-state index in [0.29, 0.717) is 0 Å². The number of aromatic nitrogens is 2. The lowest BCUT2D eigenvalue weighted by Gasteiger charge is -1.98. The predicted octanol–water partition coefficient (Wildman–Crippen LogP) is -0.467. The average molecular weight is 257 g/mol. The number of anilines is 1. The Bertz CT molecular complexity index is 372. The van der Waals surface area contributed by atoms with Gasteiger partial charge in [-0.15, -0.1) is 12.4 Å². The Morgan fingerprint density at radius 3 is 2.42 bits per heavy atom. The van der Waals surface area contributed by atoms with Gasteiger partial charge in [-0.25, -0.2) is 10.6 Å². The van der Waals surface area contributed by atoms with Crippen LogP contribution in [0.15, 0.2) is 14.1 Å². The van der Waals surface area contributed by atoms with Gasteiger partial charge in [0.1, 0.15) is 10.3 Å². The van der Waals surface area contributed by atoms with E-state index < -0.39 is 11.2 Å². The van der Waals surface area contributed by atoms with Crippen LogP contribution in [0.1, 0.15) is 0 Å². The van der Waals surface area contributed by atoms with Crippen molar-refractivity contribution in [1.82, 2.24) is 9.97 Å². The summed E-state index contributed by atoms with van der Waals surface area (Å²) in [6, 6.07) is 0. The van der Waals surface area contributed by atoms with Gasteiger partial charge in [0.25, 0.3) is 5.56 Å². The first-order chi connectivity index (χ1) is 5.15. The zero-order chi connectivity index (χ0) is 8.43. The van der Waals surface area contributed by atoms with E-state index in [0.717, 1.165) is 0 Å². The maximum absolute atomic E-state index is 10.8. The Balaban J connectivity index is 0.00000121. The van der Waals surface area contributed by atoms with E-state index in [1.807, 2.05) is 4.98 Å². The van der Waals surface area contributed by atoms with Crippen molar-refractivity contribution >= 4 is 34.2 Å². The highest BCUT2D eigenvalue weighted by molar-refractivity contribution is 9.10. The van der Waals surface area contributed by atoms with Crippen molar-refractivity contribution in [2.24, 2.45) is 5.84 Å². The lowest BCUT2D eigenvalue weighted by molar-refractivity contribution is 1.01. The van der Waals surface area contributed by atoms with Crippen LogP contribution < -0.4 is 22.5 Å². The molecule has 0 unspecified atom stereocenters. The maximum atomic E-state index is 10.8. The summed E-state index contributed by atoms with van der Waals surface area (Å²) in [5.74, 6) is 5.14. The van der Waals surface area contributed by atoms with Crippen molar-refractivity contribution in [2.75, 3.05) is 5.43 Å². The molecule has 1 rings (SSSR count). The van der Waals surface area contributed by atoms with E-state index in [-0.39, 0.29) is 22.7 Å². The van der Waals surface area contributed by atoms with Crippen LogP contribution in [0, 0.1) is 0 Å². The zero-order valence-corrected chi connectivity index (χ0v) is 8.08. The summed E-state index contributed by atoms with van der Waals surface area (Å²) in [7, 11) is 0. The number of rotatable bonds is 1. The minimum absolute atomic E-state index is 0. The molecule has 0 bridgehead atoms. The first kappa shape index (κ1) is 11.2. The van der Waals surface area contributed by atoms with E-state index in [4.69, 9.17) is 5.84 Å². The number of hydrogen-bond acceptors (Lipinski definition) is 4. The van der Waals surface area contributed by atoms with Crippen molar-refractivity contribution in [3.05, 3.63) is 25.3 Å². The number of nitrogen functional groups attached to an aromatic ring is 1. The molecular weight excluding hydrogens is 251 g/mol. The largest absolute Gasteiger partial charge is 0.327 e. The summed E-state index contributed by atoms with van der Waals surface area (Å²) < 4.78 is 0.166.